The number of nitrogens with zero attached hydrogens (tertiary/aromatic N) is 4. The molecule has 208 valence electrons. The number of carbonyl (C=O) groups is 2. The molecule has 1 aliphatic heterocycles. The van der Waals surface area contributed by atoms with Gasteiger partial charge in [-0.05, 0) is 44.0 Å². The highest BCUT2D eigenvalue weighted by Gasteiger charge is 2.48. The van der Waals surface area contributed by atoms with Crippen LogP contribution >= 0.6 is 11.6 Å². The maximum atomic E-state index is 14.2. The van der Waals surface area contributed by atoms with E-state index in [-0.39, 0.29) is 24.1 Å². The molecule has 38 heavy (non-hydrogen) atoms. The number of amides is 2. The normalized spacial score (nSPS) is 17.8. The number of ether oxygens (including phenoxy) is 1. The molecule has 0 aliphatic carbocycles. The average Bonchev–Trinajstić information content (AvgIpc) is 2.84. The zero-order valence-corrected chi connectivity index (χ0v) is 20.3. The van der Waals surface area contributed by atoms with Crippen LogP contribution in [-0.4, -0.2) is 64.1 Å². The number of aromatic nitrogens is 2. The van der Waals surface area contributed by atoms with Gasteiger partial charge < -0.3 is 10.1 Å². The lowest BCUT2D eigenvalue weighted by Crippen LogP contribution is -2.61. The summed E-state index contributed by atoms with van der Waals surface area (Å²) in [5, 5.41) is 2.60. The highest BCUT2D eigenvalue weighted by Crippen LogP contribution is 2.36. The Bertz CT molecular complexity index is 1110. The summed E-state index contributed by atoms with van der Waals surface area (Å²) in [4.78, 5) is 35.2. The van der Waals surface area contributed by atoms with Crippen LogP contribution in [0, 0.1) is 0 Å². The quantitative estimate of drug-likeness (QED) is 0.304. The molecule has 16 heteroatoms. The van der Waals surface area contributed by atoms with Crippen LogP contribution in [0.1, 0.15) is 25.3 Å². The molecular weight excluding hydrogens is 551 g/mol. The Morgan fingerprint density at radius 3 is 2.11 bits per heavy atom. The first-order chi connectivity index (χ1) is 17.6. The average molecular weight is 572 g/mol. The molecule has 1 aromatic heterocycles. The van der Waals surface area contributed by atoms with E-state index in [4.69, 9.17) is 11.6 Å². The molecule has 1 aliphatic rings. The van der Waals surface area contributed by atoms with E-state index in [0.717, 1.165) is 43.0 Å². The Kier molecular flexibility index (Phi) is 8.71. The predicted molar refractivity (Wildman–Crippen MR) is 120 cm³/mol. The van der Waals surface area contributed by atoms with Crippen molar-refractivity contribution in [1.82, 2.24) is 20.2 Å². The van der Waals surface area contributed by atoms with Crippen LogP contribution in [0.15, 0.2) is 43.0 Å². The van der Waals surface area contributed by atoms with E-state index in [1.807, 2.05) is 0 Å². The van der Waals surface area contributed by atoms with Gasteiger partial charge in [-0.15, -0.1) is 13.2 Å². The fraction of sp³-hybridized carbons (Fsp3) is 0.455. The van der Waals surface area contributed by atoms with Gasteiger partial charge in [0, 0.05) is 42.8 Å². The highest BCUT2D eigenvalue weighted by molar-refractivity contribution is 6.32. The van der Waals surface area contributed by atoms with Gasteiger partial charge in [-0.1, -0.05) is 11.6 Å². The molecule has 0 saturated carbocycles. The van der Waals surface area contributed by atoms with Gasteiger partial charge in [0.05, 0.1) is 0 Å². The number of rotatable bonds is 7. The van der Waals surface area contributed by atoms with Crippen molar-refractivity contribution in [2.24, 2.45) is 0 Å². The van der Waals surface area contributed by atoms with E-state index < -0.39 is 60.5 Å². The van der Waals surface area contributed by atoms with E-state index in [9.17, 15) is 40.3 Å². The fourth-order valence-corrected chi connectivity index (χ4v) is 4.11. The summed E-state index contributed by atoms with van der Waals surface area (Å²) >= 11 is 5.43. The van der Waals surface area contributed by atoms with Gasteiger partial charge in [0.15, 0.2) is 5.54 Å². The molecule has 1 N–H and O–H groups in total. The zero-order valence-electron chi connectivity index (χ0n) is 19.6. The maximum Gasteiger partial charge on any atom is 0.573 e. The maximum absolute atomic E-state index is 14.2. The smallest absolute Gasteiger partial charge is 0.406 e. The molecule has 3 rings (SSSR count). The van der Waals surface area contributed by atoms with Crippen molar-refractivity contribution in [3.63, 3.8) is 0 Å². The van der Waals surface area contributed by atoms with Crippen molar-refractivity contribution < 1.29 is 45.1 Å². The summed E-state index contributed by atoms with van der Waals surface area (Å²) in [6.07, 6.45) is -6.27. The van der Waals surface area contributed by atoms with Crippen LogP contribution in [0.3, 0.4) is 0 Å². The van der Waals surface area contributed by atoms with Gasteiger partial charge in [0.2, 0.25) is 0 Å². The van der Waals surface area contributed by atoms with E-state index in [0.29, 0.717) is 9.80 Å². The number of likely N-dealkylation sites (tertiary alicyclic amines) is 1. The third-order valence-corrected chi connectivity index (χ3v) is 6.12. The molecule has 2 aromatic rings. The molecule has 0 bridgehead atoms. The summed E-state index contributed by atoms with van der Waals surface area (Å²) in [5.41, 5.74) is -5.08. The van der Waals surface area contributed by atoms with E-state index in [1.54, 1.807) is 0 Å². The van der Waals surface area contributed by atoms with Gasteiger partial charge in [-0.3, -0.25) is 14.5 Å². The second kappa shape index (κ2) is 11.3. The second-order valence-corrected chi connectivity index (χ2v) is 8.80. The van der Waals surface area contributed by atoms with Crippen molar-refractivity contribution in [1.29, 1.82) is 0 Å². The zero-order chi connectivity index (χ0) is 28.3. The Morgan fingerprint density at radius 1 is 1.08 bits per heavy atom. The molecule has 2 amide bonds. The van der Waals surface area contributed by atoms with E-state index in [2.05, 4.69) is 20.0 Å². The Labute approximate surface area is 216 Å². The number of piperidine rings is 1. The first kappa shape index (κ1) is 29.4. The van der Waals surface area contributed by atoms with Gasteiger partial charge in [0.1, 0.15) is 12.1 Å². The standard InChI is InChI=1S/C22H21ClF7N5O3/c1-20(13-10-31-12-32-11-13,19(37)33-14-6-8-34(9-7-14)21(25,26)27)35(18(36)17(23)24)15-2-4-16(5-3-15)38-22(28,29)30/h2-5,10-12,14,17H,6-9H2,1H3,(H,33,37)/t17-,20+/m0/s1. The van der Waals surface area contributed by atoms with Crippen molar-refractivity contribution in [2.45, 2.75) is 49.6 Å². The molecule has 1 fully saturated rings. The lowest BCUT2D eigenvalue weighted by Gasteiger charge is -2.41. The van der Waals surface area contributed by atoms with Crippen molar-refractivity contribution in [3.05, 3.63) is 48.5 Å². The van der Waals surface area contributed by atoms with Crippen molar-refractivity contribution in [3.8, 4) is 5.75 Å². The summed E-state index contributed by atoms with van der Waals surface area (Å²) in [6.45, 7) is 0.414. The Morgan fingerprint density at radius 2 is 1.63 bits per heavy atom. The SMILES string of the molecule is C[C@](C(=O)NC1CCN(C(F)(F)F)CC1)(c1cncnc1)N(C(=O)[C@H](F)Cl)c1ccc(OC(F)(F)F)cc1. The van der Waals surface area contributed by atoms with Crippen LogP contribution < -0.4 is 15.0 Å². The van der Waals surface area contributed by atoms with Crippen LogP contribution in [0.25, 0.3) is 0 Å². The van der Waals surface area contributed by atoms with Crippen LogP contribution in [0.5, 0.6) is 5.75 Å². The summed E-state index contributed by atoms with van der Waals surface area (Å²) in [7, 11) is 0. The minimum Gasteiger partial charge on any atom is -0.406 e. The topological polar surface area (TPSA) is 87.7 Å². The predicted octanol–water partition coefficient (Wildman–Crippen LogP) is 4.26. The Hall–Kier alpha value is -3.20. The first-order valence-corrected chi connectivity index (χ1v) is 11.4. The van der Waals surface area contributed by atoms with Gasteiger partial charge in [-0.2, -0.15) is 13.2 Å². The number of halogens is 8. The lowest BCUT2D eigenvalue weighted by atomic mass is 9.89. The monoisotopic (exact) mass is 571 g/mol. The molecule has 1 saturated heterocycles. The minimum atomic E-state index is -5.01. The summed E-state index contributed by atoms with van der Waals surface area (Å²) in [5.74, 6) is -3.02. The summed E-state index contributed by atoms with van der Waals surface area (Å²) < 4.78 is 94.7. The second-order valence-electron chi connectivity index (χ2n) is 8.42. The molecule has 0 spiro atoms. The number of hydrogen-bond acceptors (Lipinski definition) is 6. The van der Waals surface area contributed by atoms with Crippen LogP contribution in [0.4, 0.5) is 36.4 Å². The third-order valence-electron chi connectivity index (χ3n) is 5.94. The fourth-order valence-electron chi connectivity index (χ4n) is 4.02. The first-order valence-electron chi connectivity index (χ1n) is 11.0. The Balaban J connectivity index is 2.00. The van der Waals surface area contributed by atoms with E-state index >= 15 is 0 Å². The van der Waals surface area contributed by atoms with Gasteiger partial charge >= 0.3 is 12.7 Å². The van der Waals surface area contributed by atoms with Crippen molar-refractivity contribution in [2.75, 3.05) is 18.0 Å². The molecule has 0 radical (unpaired) electrons. The number of anilines is 1. The number of carbonyl (C=O) groups excluding carboxylic acids is 2. The molecule has 8 nitrogen and oxygen atoms in total. The molecule has 2 atom stereocenters. The number of benzene rings is 1. The summed E-state index contributed by atoms with van der Waals surface area (Å²) in [6, 6.07) is 2.92. The molecule has 2 heterocycles. The minimum absolute atomic E-state index is 0.0356. The van der Waals surface area contributed by atoms with Crippen LogP contribution in [-0.2, 0) is 15.1 Å². The molecule has 0 unspecified atom stereocenters. The third kappa shape index (κ3) is 6.81. The number of nitrogens with one attached hydrogen (secondary N) is 1. The molecular formula is C22H21ClF7N5O3. The number of hydrogen-bond donors (Lipinski definition) is 1. The highest BCUT2D eigenvalue weighted by atomic mass is 35.5. The largest absolute Gasteiger partial charge is 0.573 e. The van der Waals surface area contributed by atoms with E-state index in [1.165, 1.54) is 6.92 Å². The van der Waals surface area contributed by atoms with Crippen LogP contribution in [0.2, 0.25) is 0 Å². The van der Waals surface area contributed by atoms with Gasteiger partial charge in [0.25, 0.3) is 17.4 Å². The van der Waals surface area contributed by atoms with Crippen molar-refractivity contribution >= 4 is 29.1 Å². The number of alkyl halides is 8. The lowest BCUT2D eigenvalue weighted by molar-refractivity contribution is -0.274. The van der Waals surface area contributed by atoms with Gasteiger partial charge in [-0.25, -0.2) is 19.3 Å². The molecule has 1 aromatic carbocycles.